The van der Waals surface area contributed by atoms with Crippen molar-refractivity contribution in [3.8, 4) is 0 Å². The Balaban J connectivity index is 2.15. The van der Waals surface area contributed by atoms with E-state index >= 15 is 0 Å². The van der Waals surface area contributed by atoms with Crippen LogP contribution in [0.15, 0.2) is 60.8 Å². The number of H-pyrrole nitrogens is 1. The smallest absolute Gasteiger partial charge is 0.222 e. The fraction of sp³-hybridized carbons (Fsp3) is 0.211. The number of nitrogens with zero attached hydrogens (tertiary/aromatic N) is 1. The molecule has 2 aromatic carbocycles. The van der Waals surface area contributed by atoms with Crippen molar-refractivity contribution in [1.29, 1.82) is 0 Å². The van der Waals surface area contributed by atoms with Gasteiger partial charge in [-0.2, -0.15) is 0 Å². The standard InChI is InChI=1S/C19H20N2O/c1-3-18(22)21(2)19(14-9-5-4-6-10-14)16-13-20-17-12-8-7-11-15(16)17/h4-13,19-20H,3H2,1-2H3. The van der Waals surface area contributed by atoms with Crippen molar-refractivity contribution in [2.24, 2.45) is 0 Å². The van der Waals surface area contributed by atoms with Crippen molar-refractivity contribution in [3.05, 3.63) is 71.9 Å². The van der Waals surface area contributed by atoms with Crippen LogP contribution in [0, 0.1) is 0 Å². The molecule has 0 aliphatic carbocycles. The summed E-state index contributed by atoms with van der Waals surface area (Å²) in [5, 5.41) is 1.16. The molecule has 0 saturated carbocycles. The van der Waals surface area contributed by atoms with Crippen LogP contribution >= 0.6 is 0 Å². The van der Waals surface area contributed by atoms with Gasteiger partial charge in [0.05, 0.1) is 6.04 Å². The predicted octanol–water partition coefficient (Wildman–Crippen LogP) is 4.13. The van der Waals surface area contributed by atoms with E-state index in [4.69, 9.17) is 0 Å². The molecule has 0 radical (unpaired) electrons. The lowest BCUT2D eigenvalue weighted by atomic mass is 9.96. The molecule has 1 atom stereocenters. The van der Waals surface area contributed by atoms with E-state index in [1.54, 1.807) is 0 Å². The first-order chi connectivity index (χ1) is 10.7. The van der Waals surface area contributed by atoms with Gasteiger partial charge in [0.1, 0.15) is 0 Å². The molecule has 3 nitrogen and oxygen atoms in total. The van der Waals surface area contributed by atoms with Crippen LogP contribution in [0.1, 0.15) is 30.5 Å². The fourth-order valence-electron chi connectivity index (χ4n) is 2.96. The summed E-state index contributed by atoms with van der Waals surface area (Å²) >= 11 is 0. The Morgan fingerprint density at radius 3 is 2.50 bits per heavy atom. The second-order valence-electron chi connectivity index (χ2n) is 5.46. The highest BCUT2D eigenvalue weighted by atomic mass is 16.2. The zero-order chi connectivity index (χ0) is 15.5. The fourth-order valence-corrected chi connectivity index (χ4v) is 2.96. The van der Waals surface area contributed by atoms with E-state index in [-0.39, 0.29) is 11.9 Å². The Kier molecular flexibility index (Phi) is 3.96. The third kappa shape index (κ3) is 2.50. The maximum Gasteiger partial charge on any atom is 0.222 e. The van der Waals surface area contributed by atoms with E-state index in [2.05, 4.69) is 29.2 Å². The summed E-state index contributed by atoms with van der Waals surface area (Å²) in [5.41, 5.74) is 3.35. The summed E-state index contributed by atoms with van der Waals surface area (Å²) in [6.07, 6.45) is 2.52. The van der Waals surface area contributed by atoms with Crippen LogP contribution in [0.2, 0.25) is 0 Å². The predicted molar refractivity (Wildman–Crippen MR) is 89.6 cm³/mol. The van der Waals surface area contributed by atoms with Crippen LogP contribution in [0.4, 0.5) is 0 Å². The van der Waals surface area contributed by atoms with Gasteiger partial charge in [-0.05, 0) is 11.6 Å². The SMILES string of the molecule is CCC(=O)N(C)C(c1ccccc1)c1c[nH]c2ccccc12. The van der Waals surface area contributed by atoms with Crippen LogP contribution in [0.5, 0.6) is 0 Å². The number of amides is 1. The first-order valence-electron chi connectivity index (χ1n) is 7.59. The average Bonchev–Trinajstić information content (AvgIpc) is 2.99. The third-order valence-corrected chi connectivity index (χ3v) is 4.11. The maximum atomic E-state index is 12.3. The molecule has 0 aliphatic heterocycles. The number of fused-ring (bicyclic) bond motifs is 1. The van der Waals surface area contributed by atoms with Gasteiger partial charge < -0.3 is 9.88 Å². The highest BCUT2D eigenvalue weighted by molar-refractivity contribution is 5.85. The van der Waals surface area contributed by atoms with Gasteiger partial charge in [-0.1, -0.05) is 55.5 Å². The molecule has 0 bridgehead atoms. The highest BCUT2D eigenvalue weighted by Gasteiger charge is 2.24. The molecule has 3 rings (SSSR count). The van der Waals surface area contributed by atoms with E-state index in [0.717, 1.165) is 22.0 Å². The normalized spacial score (nSPS) is 12.3. The van der Waals surface area contributed by atoms with Crippen LogP contribution in [-0.4, -0.2) is 22.8 Å². The summed E-state index contributed by atoms with van der Waals surface area (Å²) in [6.45, 7) is 1.90. The molecule has 1 aromatic heterocycles. The first-order valence-corrected chi connectivity index (χ1v) is 7.59. The second-order valence-corrected chi connectivity index (χ2v) is 5.46. The molecule has 0 fully saturated rings. The highest BCUT2D eigenvalue weighted by Crippen LogP contribution is 2.33. The van der Waals surface area contributed by atoms with E-state index in [9.17, 15) is 4.79 Å². The Morgan fingerprint density at radius 1 is 1.09 bits per heavy atom. The van der Waals surface area contributed by atoms with Gasteiger partial charge in [0, 0.05) is 36.1 Å². The van der Waals surface area contributed by atoms with Crippen LogP contribution < -0.4 is 0 Å². The molecule has 1 N–H and O–H groups in total. The van der Waals surface area contributed by atoms with Crippen LogP contribution in [0.25, 0.3) is 10.9 Å². The van der Waals surface area contributed by atoms with Crippen molar-refractivity contribution in [1.82, 2.24) is 9.88 Å². The van der Waals surface area contributed by atoms with Crippen LogP contribution in [0.3, 0.4) is 0 Å². The molecule has 0 spiro atoms. The molecule has 22 heavy (non-hydrogen) atoms. The Morgan fingerprint density at radius 2 is 1.77 bits per heavy atom. The second kappa shape index (κ2) is 6.06. The lowest BCUT2D eigenvalue weighted by molar-refractivity contribution is -0.131. The lowest BCUT2D eigenvalue weighted by Gasteiger charge is -2.28. The molecule has 1 unspecified atom stereocenters. The van der Waals surface area contributed by atoms with Gasteiger partial charge in [0.25, 0.3) is 0 Å². The van der Waals surface area contributed by atoms with Gasteiger partial charge in [-0.3, -0.25) is 4.79 Å². The number of para-hydroxylation sites is 1. The van der Waals surface area contributed by atoms with E-state index in [1.807, 2.05) is 55.4 Å². The maximum absolute atomic E-state index is 12.3. The molecule has 112 valence electrons. The van der Waals surface area contributed by atoms with Gasteiger partial charge >= 0.3 is 0 Å². The van der Waals surface area contributed by atoms with Gasteiger partial charge in [0.15, 0.2) is 0 Å². The summed E-state index contributed by atoms with van der Waals surface area (Å²) < 4.78 is 0. The van der Waals surface area contributed by atoms with E-state index in [1.165, 1.54) is 0 Å². The van der Waals surface area contributed by atoms with Crippen molar-refractivity contribution in [3.63, 3.8) is 0 Å². The van der Waals surface area contributed by atoms with E-state index in [0.29, 0.717) is 6.42 Å². The Labute approximate surface area is 130 Å². The quantitative estimate of drug-likeness (QED) is 0.771. The minimum Gasteiger partial charge on any atom is -0.361 e. The number of aromatic nitrogens is 1. The number of aromatic amines is 1. The summed E-state index contributed by atoms with van der Waals surface area (Å²) in [5.74, 6) is 0.138. The number of hydrogen-bond acceptors (Lipinski definition) is 1. The van der Waals surface area contributed by atoms with Crippen molar-refractivity contribution in [2.75, 3.05) is 7.05 Å². The monoisotopic (exact) mass is 292 g/mol. The number of nitrogens with one attached hydrogen (secondary N) is 1. The molecular formula is C19H20N2O. The zero-order valence-corrected chi connectivity index (χ0v) is 12.9. The number of benzene rings is 2. The Hall–Kier alpha value is -2.55. The summed E-state index contributed by atoms with van der Waals surface area (Å²) in [6, 6.07) is 18.3. The average molecular weight is 292 g/mol. The largest absolute Gasteiger partial charge is 0.361 e. The van der Waals surface area contributed by atoms with Crippen molar-refractivity contribution >= 4 is 16.8 Å². The molecule has 3 heteroatoms. The minimum absolute atomic E-state index is 0.0789. The Bertz CT molecular complexity index is 776. The number of rotatable bonds is 4. The first kappa shape index (κ1) is 14.4. The molecule has 3 aromatic rings. The van der Waals surface area contributed by atoms with Crippen LogP contribution in [-0.2, 0) is 4.79 Å². The number of carbonyl (C=O) groups excluding carboxylic acids is 1. The molecular weight excluding hydrogens is 272 g/mol. The van der Waals surface area contributed by atoms with Crippen molar-refractivity contribution < 1.29 is 4.79 Å². The molecule has 0 saturated heterocycles. The van der Waals surface area contributed by atoms with Crippen molar-refractivity contribution in [2.45, 2.75) is 19.4 Å². The van der Waals surface area contributed by atoms with E-state index < -0.39 is 0 Å². The lowest BCUT2D eigenvalue weighted by Crippen LogP contribution is -2.31. The zero-order valence-electron chi connectivity index (χ0n) is 12.9. The molecule has 0 aliphatic rings. The number of hydrogen-bond donors (Lipinski definition) is 1. The topological polar surface area (TPSA) is 36.1 Å². The molecule has 1 heterocycles. The van der Waals surface area contributed by atoms with Gasteiger partial charge in [-0.25, -0.2) is 0 Å². The number of carbonyl (C=O) groups is 1. The van der Waals surface area contributed by atoms with Gasteiger partial charge in [0.2, 0.25) is 5.91 Å². The van der Waals surface area contributed by atoms with Gasteiger partial charge in [-0.15, -0.1) is 0 Å². The summed E-state index contributed by atoms with van der Waals surface area (Å²) in [7, 11) is 1.88. The third-order valence-electron chi connectivity index (χ3n) is 4.11. The summed E-state index contributed by atoms with van der Waals surface area (Å²) in [4.78, 5) is 17.4. The minimum atomic E-state index is -0.0789. The molecule has 1 amide bonds.